The van der Waals surface area contributed by atoms with Crippen LogP contribution in [0.3, 0.4) is 0 Å². The molecule has 1 aliphatic rings. The van der Waals surface area contributed by atoms with Crippen molar-refractivity contribution in [2.75, 3.05) is 6.61 Å². The SMILES string of the molecule is CC(C)(NC1CCOc2ccccc21)c1ccc(Br)cc1. The molecule has 21 heavy (non-hydrogen) atoms. The van der Waals surface area contributed by atoms with Crippen molar-refractivity contribution in [1.29, 1.82) is 0 Å². The van der Waals surface area contributed by atoms with Gasteiger partial charge in [-0.3, -0.25) is 0 Å². The van der Waals surface area contributed by atoms with E-state index in [1.165, 1.54) is 11.1 Å². The molecule has 2 aromatic carbocycles. The van der Waals surface area contributed by atoms with Crippen LogP contribution in [-0.2, 0) is 5.54 Å². The van der Waals surface area contributed by atoms with Crippen LogP contribution in [0.5, 0.6) is 5.75 Å². The first-order valence-corrected chi connectivity index (χ1v) is 8.11. The molecule has 0 saturated heterocycles. The van der Waals surface area contributed by atoms with Crippen molar-refractivity contribution in [2.45, 2.75) is 31.8 Å². The van der Waals surface area contributed by atoms with Gasteiger partial charge in [0.05, 0.1) is 6.61 Å². The number of halogens is 1. The topological polar surface area (TPSA) is 21.3 Å². The number of ether oxygens (including phenoxy) is 1. The van der Waals surface area contributed by atoms with Crippen LogP contribution in [0.1, 0.15) is 37.4 Å². The van der Waals surface area contributed by atoms with E-state index in [4.69, 9.17) is 4.74 Å². The highest BCUT2D eigenvalue weighted by Gasteiger charge is 2.28. The van der Waals surface area contributed by atoms with Gasteiger partial charge in [0.2, 0.25) is 0 Å². The van der Waals surface area contributed by atoms with E-state index in [-0.39, 0.29) is 5.54 Å². The second-order valence-electron chi connectivity index (χ2n) is 6.00. The average molecular weight is 346 g/mol. The highest BCUT2D eigenvalue weighted by molar-refractivity contribution is 9.10. The molecule has 3 heteroatoms. The monoisotopic (exact) mass is 345 g/mol. The van der Waals surface area contributed by atoms with E-state index >= 15 is 0 Å². The van der Waals surface area contributed by atoms with Crippen molar-refractivity contribution in [3.8, 4) is 5.75 Å². The molecule has 3 rings (SSSR count). The zero-order valence-corrected chi connectivity index (χ0v) is 14.0. The van der Waals surface area contributed by atoms with Crippen LogP contribution in [0.15, 0.2) is 53.0 Å². The summed E-state index contributed by atoms with van der Waals surface area (Å²) in [6, 6.07) is 17.2. The first-order valence-electron chi connectivity index (χ1n) is 7.32. The summed E-state index contributed by atoms with van der Waals surface area (Å²) < 4.78 is 6.85. The fraction of sp³-hybridized carbons (Fsp3) is 0.333. The first kappa shape index (κ1) is 14.6. The number of benzene rings is 2. The van der Waals surface area contributed by atoms with Crippen molar-refractivity contribution < 1.29 is 4.74 Å². The molecule has 0 aliphatic carbocycles. The second-order valence-corrected chi connectivity index (χ2v) is 6.92. The largest absolute Gasteiger partial charge is 0.493 e. The van der Waals surface area contributed by atoms with Gasteiger partial charge in [-0.25, -0.2) is 0 Å². The van der Waals surface area contributed by atoms with Gasteiger partial charge in [0.1, 0.15) is 5.75 Å². The summed E-state index contributed by atoms with van der Waals surface area (Å²) in [4.78, 5) is 0. The van der Waals surface area contributed by atoms with Crippen LogP contribution < -0.4 is 10.1 Å². The number of hydrogen-bond acceptors (Lipinski definition) is 2. The lowest BCUT2D eigenvalue weighted by Crippen LogP contribution is -2.41. The molecule has 1 heterocycles. The molecule has 110 valence electrons. The Balaban J connectivity index is 1.84. The van der Waals surface area contributed by atoms with Crippen LogP contribution in [-0.4, -0.2) is 6.61 Å². The molecule has 0 radical (unpaired) electrons. The van der Waals surface area contributed by atoms with E-state index in [9.17, 15) is 0 Å². The van der Waals surface area contributed by atoms with Gasteiger partial charge in [-0.15, -0.1) is 0 Å². The van der Waals surface area contributed by atoms with E-state index in [0.717, 1.165) is 23.2 Å². The normalized spacial score (nSPS) is 18.0. The van der Waals surface area contributed by atoms with Crippen LogP contribution >= 0.6 is 15.9 Å². The van der Waals surface area contributed by atoms with Crippen LogP contribution in [0.4, 0.5) is 0 Å². The molecule has 1 aliphatic heterocycles. The maximum absolute atomic E-state index is 5.74. The summed E-state index contributed by atoms with van der Waals surface area (Å²) in [5, 5.41) is 3.79. The van der Waals surface area contributed by atoms with Gasteiger partial charge in [-0.2, -0.15) is 0 Å². The van der Waals surface area contributed by atoms with Gasteiger partial charge >= 0.3 is 0 Å². The van der Waals surface area contributed by atoms with E-state index in [1.807, 2.05) is 6.07 Å². The van der Waals surface area contributed by atoms with Crippen LogP contribution in [0, 0.1) is 0 Å². The third-order valence-electron chi connectivity index (χ3n) is 4.06. The Morgan fingerprint density at radius 3 is 2.57 bits per heavy atom. The Morgan fingerprint density at radius 1 is 1.10 bits per heavy atom. The maximum atomic E-state index is 5.74. The first-order chi connectivity index (χ1) is 10.1. The van der Waals surface area contributed by atoms with Crippen molar-refractivity contribution in [3.05, 3.63) is 64.1 Å². The summed E-state index contributed by atoms with van der Waals surface area (Å²) in [5.41, 5.74) is 2.46. The number of hydrogen-bond donors (Lipinski definition) is 1. The molecule has 2 nitrogen and oxygen atoms in total. The lowest BCUT2D eigenvalue weighted by atomic mass is 9.90. The average Bonchev–Trinajstić information content (AvgIpc) is 2.48. The summed E-state index contributed by atoms with van der Waals surface area (Å²) in [6.45, 7) is 5.23. The van der Waals surface area contributed by atoms with Gasteiger partial charge in [-0.05, 0) is 37.6 Å². The molecular formula is C18H20BrNO. The minimum atomic E-state index is -0.0875. The van der Waals surface area contributed by atoms with Crippen molar-refractivity contribution >= 4 is 15.9 Å². The maximum Gasteiger partial charge on any atom is 0.124 e. The molecule has 0 aromatic heterocycles. The highest BCUT2D eigenvalue weighted by Crippen LogP contribution is 2.35. The number of para-hydroxylation sites is 1. The Bertz CT molecular complexity index is 621. The molecule has 1 unspecified atom stereocenters. The molecule has 2 aromatic rings. The van der Waals surface area contributed by atoms with Gasteiger partial charge in [0, 0.05) is 28.0 Å². The molecular weight excluding hydrogens is 326 g/mol. The van der Waals surface area contributed by atoms with Gasteiger partial charge in [0.15, 0.2) is 0 Å². The number of nitrogens with one attached hydrogen (secondary N) is 1. The minimum absolute atomic E-state index is 0.0875. The number of fused-ring (bicyclic) bond motifs is 1. The van der Waals surface area contributed by atoms with Crippen LogP contribution in [0.25, 0.3) is 0 Å². The predicted molar refractivity (Wildman–Crippen MR) is 89.6 cm³/mol. The third kappa shape index (κ3) is 3.14. The van der Waals surface area contributed by atoms with Gasteiger partial charge in [-0.1, -0.05) is 46.3 Å². The fourth-order valence-corrected chi connectivity index (χ4v) is 3.14. The van der Waals surface area contributed by atoms with E-state index in [2.05, 4.69) is 77.6 Å². The Labute approximate surface area is 134 Å². The lowest BCUT2D eigenvalue weighted by molar-refractivity contribution is 0.226. The summed E-state index contributed by atoms with van der Waals surface area (Å²) >= 11 is 3.50. The molecule has 0 saturated carbocycles. The van der Waals surface area contributed by atoms with Crippen molar-refractivity contribution in [3.63, 3.8) is 0 Å². The fourth-order valence-electron chi connectivity index (χ4n) is 2.88. The molecule has 1 atom stereocenters. The predicted octanol–water partition coefficient (Wildman–Crippen LogP) is 4.80. The van der Waals surface area contributed by atoms with Crippen molar-refractivity contribution in [2.24, 2.45) is 0 Å². The summed E-state index contributed by atoms with van der Waals surface area (Å²) in [5.74, 6) is 1.01. The summed E-state index contributed by atoms with van der Waals surface area (Å²) in [7, 11) is 0. The van der Waals surface area contributed by atoms with Crippen LogP contribution in [0.2, 0.25) is 0 Å². The van der Waals surface area contributed by atoms with E-state index in [0.29, 0.717) is 6.04 Å². The Hall–Kier alpha value is -1.32. The lowest BCUT2D eigenvalue weighted by Gasteiger charge is -2.35. The molecule has 1 N–H and O–H groups in total. The van der Waals surface area contributed by atoms with Crippen molar-refractivity contribution in [1.82, 2.24) is 5.32 Å². The van der Waals surface area contributed by atoms with Gasteiger partial charge < -0.3 is 10.1 Å². The zero-order chi connectivity index (χ0) is 14.9. The Kier molecular flexibility index (Phi) is 4.05. The standard InChI is InChI=1S/C18H20BrNO/c1-18(2,13-7-9-14(19)10-8-13)20-16-11-12-21-17-6-4-3-5-15(16)17/h3-10,16,20H,11-12H2,1-2H3. The third-order valence-corrected chi connectivity index (χ3v) is 4.59. The second kappa shape index (κ2) is 5.82. The van der Waals surface area contributed by atoms with E-state index < -0.39 is 0 Å². The van der Waals surface area contributed by atoms with Gasteiger partial charge in [0.25, 0.3) is 0 Å². The highest BCUT2D eigenvalue weighted by atomic mass is 79.9. The zero-order valence-electron chi connectivity index (χ0n) is 12.4. The molecule has 0 amide bonds. The summed E-state index contributed by atoms with van der Waals surface area (Å²) in [6.07, 6.45) is 0.997. The molecule has 0 fully saturated rings. The quantitative estimate of drug-likeness (QED) is 0.862. The van der Waals surface area contributed by atoms with E-state index in [1.54, 1.807) is 0 Å². The molecule has 0 bridgehead atoms. The number of rotatable bonds is 3. The molecule has 0 spiro atoms. The minimum Gasteiger partial charge on any atom is -0.493 e. The smallest absolute Gasteiger partial charge is 0.124 e. The Morgan fingerprint density at radius 2 is 1.81 bits per heavy atom.